The zero-order valence-corrected chi connectivity index (χ0v) is 21.4. The minimum Gasteiger partial charge on any atom is -0.390 e. The molecule has 8 nitrogen and oxygen atoms in total. The number of alkyl halides is 2. The number of fused-ring (bicyclic) bond motifs is 5. The second-order valence-electron chi connectivity index (χ2n) is 10.8. The Labute approximate surface area is 212 Å². The summed E-state index contributed by atoms with van der Waals surface area (Å²) in [5, 5.41) is 13.6. The molecule has 0 spiro atoms. The third kappa shape index (κ3) is 4.80. The monoisotopic (exact) mass is 520 g/mol. The molecule has 2 aliphatic heterocycles. The molecule has 2 saturated heterocycles. The first-order chi connectivity index (χ1) is 16.9. The zero-order chi connectivity index (χ0) is 25.8. The van der Waals surface area contributed by atoms with Crippen LogP contribution in [-0.2, 0) is 13.6 Å². The van der Waals surface area contributed by atoms with Crippen LogP contribution in [0.5, 0.6) is 0 Å². The third-order valence-corrected chi connectivity index (χ3v) is 7.65. The van der Waals surface area contributed by atoms with Crippen LogP contribution < -0.4 is 15.9 Å². The van der Waals surface area contributed by atoms with Crippen molar-refractivity contribution in [1.82, 2.24) is 19.1 Å². The van der Waals surface area contributed by atoms with Crippen molar-refractivity contribution < 1.29 is 13.9 Å². The molecule has 0 amide bonds. The normalized spacial score (nSPS) is 21.7. The van der Waals surface area contributed by atoms with Gasteiger partial charge in [-0.15, -0.1) is 0 Å². The van der Waals surface area contributed by atoms with Gasteiger partial charge in [-0.2, -0.15) is 4.98 Å². The van der Waals surface area contributed by atoms with E-state index in [4.69, 9.17) is 11.6 Å². The van der Waals surface area contributed by atoms with Crippen molar-refractivity contribution in [3.8, 4) is 0 Å². The summed E-state index contributed by atoms with van der Waals surface area (Å²) in [7, 11) is 1.71. The summed E-state index contributed by atoms with van der Waals surface area (Å²) in [6, 6.07) is 5.50. The number of rotatable bonds is 6. The van der Waals surface area contributed by atoms with Crippen molar-refractivity contribution in [3.05, 3.63) is 39.9 Å². The van der Waals surface area contributed by atoms with Gasteiger partial charge < -0.3 is 15.3 Å². The van der Waals surface area contributed by atoms with Gasteiger partial charge in [0.1, 0.15) is 5.02 Å². The topological polar surface area (TPSA) is 88.2 Å². The molecule has 6 rings (SSSR count). The number of halogens is 3. The van der Waals surface area contributed by atoms with Crippen molar-refractivity contribution in [1.29, 1.82) is 0 Å². The van der Waals surface area contributed by atoms with E-state index in [0.717, 1.165) is 11.9 Å². The van der Waals surface area contributed by atoms with Gasteiger partial charge in [0.2, 0.25) is 5.95 Å². The maximum atomic E-state index is 14.4. The summed E-state index contributed by atoms with van der Waals surface area (Å²) in [6.07, 6.45) is 3.12. The highest BCUT2D eigenvalue weighted by atomic mass is 35.5. The van der Waals surface area contributed by atoms with Crippen LogP contribution in [0.15, 0.2) is 29.2 Å². The van der Waals surface area contributed by atoms with Crippen molar-refractivity contribution in [2.75, 3.05) is 23.3 Å². The van der Waals surface area contributed by atoms with Gasteiger partial charge in [-0.05, 0) is 57.2 Å². The SMILES string of the molecule is Cn1c(=O)n(CCC(C)(C)O)c2cc(Nc3nc(N4CC5CCC(C4)C(F)(F)C5)ncc3Cl)ccc21. The minimum atomic E-state index is -2.66. The molecule has 3 fully saturated rings. The highest BCUT2D eigenvalue weighted by molar-refractivity contribution is 6.32. The molecular weight excluding hydrogens is 490 g/mol. The van der Waals surface area contributed by atoms with Crippen LogP contribution in [0.1, 0.15) is 39.5 Å². The molecule has 2 aromatic heterocycles. The summed E-state index contributed by atoms with van der Waals surface area (Å²) < 4.78 is 32.1. The number of aliphatic hydroxyl groups is 1. The highest BCUT2D eigenvalue weighted by Crippen LogP contribution is 2.45. The van der Waals surface area contributed by atoms with E-state index >= 15 is 0 Å². The Hall–Kier alpha value is -2.72. The van der Waals surface area contributed by atoms with Crippen LogP contribution in [-0.4, -0.2) is 48.8 Å². The van der Waals surface area contributed by atoms with Gasteiger partial charge in [-0.3, -0.25) is 9.13 Å². The van der Waals surface area contributed by atoms with Gasteiger partial charge in [-0.1, -0.05) is 11.6 Å². The Morgan fingerprint density at radius 3 is 2.75 bits per heavy atom. The van der Waals surface area contributed by atoms with E-state index in [1.54, 1.807) is 30.0 Å². The van der Waals surface area contributed by atoms with Gasteiger partial charge in [0.25, 0.3) is 5.92 Å². The lowest BCUT2D eigenvalue weighted by Crippen LogP contribution is -2.36. The van der Waals surface area contributed by atoms with Crippen molar-refractivity contribution in [2.24, 2.45) is 18.9 Å². The van der Waals surface area contributed by atoms with Crippen LogP contribution >= 0.6 is 11.6 Å². The van der Waals surface area contributed by atoms with E-state index in [9.17, 15) is 18.7 Å². The molecular formula is C25H31ClF2N6O2. The van der Waals surface area contributed by atoms with Crippen molar-refractivity contribution >= 4 is 40.1 Å². The number of imidazole rings is 1. The molecule has 194 valence electrons. The van der Waals surface area contributed by atoms with Gasteiger partial charge in [0.15, 0.2) is 5.82 Å². The van der Waals surface area contributed by atoms with Gasteiger partial charge in [0, 0.05) is 44.7 Å². The Kier molecular flexibility index (Phi) is 6.23. The van der Waals surface area contributed by atoms with E-state index in [2.05, 4.69) is 15.3 Å². The number of hydrogen-bond donors (Lipinski definition) is 2. The molecule has 1 aliphatic carbocycles. The Bertz CT molecular complexity index is 1350. The van der Waals surface area contributed by atoms with Crippen LogP contribution in [0.2, 0.25) is 5.02 Å². The lowest BCUT2D eigenvalue weighted by molar-refractivity contribution is -0.0887. The minimum absolute atomic E-state index is 0.0842. The molecule has 3 aliphatic rings. The summed E-state index contributed by atoms with van der Waals surface area (Å²) in [5.41, 5.74) is 1.07. The molecule has 2 unspecified atom stereocenters. The quantitative estimate of drug-likeness (QED) is 0.495. The molecule has 36 heavy (non-hydrogen) atoms. The second kappa shape index (κ2) is 8.99. The van der Waals surface area contributed by atoms with E-state index in [-0.39, 0.29) is 24.6 Å². The van der Waals surface area contributed by atoms with E-state index in [0.29, 0.717) is 53.9 Å². The summed E-state index contributed by atoms with van der Waals surface area (Å²) in [6.45, 7) is 4.50. The van der Waals surface area contributed by atoms with Crippen molar-refractivity contribution in [3.63, 3.8) is 0 Å². The fourth-order valence-corrected chi connectivity index (χ4v) is 5.46. The number of benzene rings is 1. The summed E-state index contributed by atoms with van der Waals surface area (Å²) in [4.78, 5) is 23.6. The van der Waals surface area contributed by atoms with E-state index < -0.39 is 17.4 Å². The first kappa shape index (κ1) is 25.0. The smallest absolute Gasteiger partial charge is 0.328 e. The fraction of sp³-hybridized carbons (Fsp3) is 0.560. The number of nitrogens with one attached hydrogen (secondary N) is 1. The Balaban J connectivity index is 1.43. The molecule has 1 saturated carbocycles. The fourth-order valence-electron chi connectivity index (χ4n) is 5.32. The Morgan fingerprint density at radius 2 is 2.03 bits per heavy atom. The first-order valence-corrected chi connectivity index (χ1v) is 12.6. The third-order valence-electron chi connectivity index (χ3n) is 7.37. The number of aryl methyl sites for hydroxylation is 2. The van der Waals surface area contributed by atoms with Crippen LogP contribution in [0.3, 0.4) is 0 Å². The van der Waals surface area contributed by atoms with Crippen LogP contribution in [0.25, 0.3) is 11.0 Å². The standard InChI is InChI=1S/C25H31ClF2N6O2/c1-24(2,36)8-9-34-20-10-17(6-7-19(20)32(3)23(34)35)30-21-18(26)12-29-22(31-21)33-13-15-4-5-16(14-33)25(27,28)11-15/h6-7,10,12,15-16,36H,4-5,8-9,11,13-14H2,1-3H3,(H,29,30,31). The van der Waals surface area contributed by atoms with Gasteiger partial charge >= 0.3 is 5.69 Å². The average Bonchev–Trinajstić information content (AvgIpc) is 2.94. The largest absolute Gasteiger partial charge is 0.390 e. The molecule has 11 heteroatoms. The summed E-state index contributed by atoms with van der Waals surface area (Å²) >= 11 is 6.40. The molecule has 2 bridgehead atoms. The summed E-state index contributed by atoms with van der Waals surface area (Å²) in [5.74, 6) is -2.70. The molecule has 4 heterocycles. The number of nitrogens with zero attached hydrogens (tertiary/aromatic N) is 5. The highest BCUT2D eigenvalue weighted by Gasteiger charge is 2.49. The average molecular weight is 521 g/mol. The van der Waals surface area contributed by atoms with E-state index in [1.807, 2.05) is 23.1 Å². The molecule has 2 N–H and O–H groups in total. The second-order valence-corrected chi connectivity index (χ2v) is 11.2. The predicted molar refractivity (Wildman–Crippen MR) is 136 cm³/mol. The molecule has 0 radical (unpaired) electrons. The molecule has 2 atom stereocenters. The maximum absolute atomic E-state index is 14.4. The maximum Gasteiger partial charge on any atom is 0.328 e. The number of hydrogen-bond acceptors (Lipinski definition) is 6. The Morgan fingerprint density at radius 1 is 1.25 bits per heavy atom. The van der Waals surface area contributed by atoms with Crippen LogP contribution in [0.4, 0.5) is 26.2 Å². The van der Waals surface area contributed by atoms with Crippen LogP contribution in [0, 0.1) is 11.8 Å². The van der Waals surface area contributed by atoms with Gasteiger partial charge in [-0.25, -0.2) is 18.6 Å². The lowest BCUT2D eigenvalue weighted by atomic mass is 9.81. The lowest BCUT2D eigenvalue weighted by Gasteiger charge is -2.31. The zero-order valence-electron chi connectivity index (χ0n) is 20.6. The molecule has 1 aromatic carbocycles. The van der Waals surface area contributed by atoms with Gasteiger partial charge in [0.05, 0.1) is 22.8 Å². The number of anilines is 3. The molecule has 3 aromatic rings. The first-order valence-electron chi connectivity index (χ1n) is 12.3. The number of aromatic nitrogens is 4. The van der Waals surface area contributed by atoms with Crippen molar-refractivity contribution in [2.45, 2.75) is 57.6 Å². The van der Waals surface area contributed by atoms with E-state index in [1.165, 1.54) is 6.20 Å². The predicted octanol–water partition coefficient (Wildman–Crippen LogP) is 4.56.